The predicted molar refractivity (Wildman–Crippen MR) is 87.7 cm³/mol. The van der Waals surface area contributed by atoms with Crippen molar-refractivity contribution in [2.75, 3.05) is 13.1 Å². The second-order valence-corrected chi connectivity index (χ2v) is 6.70. The topological polar surface area (TPSA) is 94.7 Å². The largest absolute Gasteiger partial charge is 0.336 e. The number of carbonyl (C=O) groups is 1. The molecule has 0 aromatic carbocycles. The molecule has 1 saturated heterocycles. The second-order valence-electron chi connectivity index (χ2n) is 5.65. The Balaban J connectivity index is 1.80. The number of rotatable bonds is 2. The van der Waals surface area contributed by atoms with E-state index in [1.807, 2.05) is 13.0 Å². The van der Waals surface area contributed by atoms with Crippen molar-refractivity contribution < 1.29 is 4.79 Å². The normalized spacial score (nSPS) is 14.7. The summed E-state index contributed by atoms with van der Waals surface area (Å²) in [6, 6.07) is 1.84. The van der Waals surface area contributed by atoms with Crippen LogP contribution in [0.15, 0.2) is 17.1 Å². The first-order valence-electron chi connectivity index (χ1n) is 7.47. The molecule has 0 unspecified atom stereocenters. The molecule has 4 heterocycles. The van der Waals surface area contributed by atoms with E-state index >= 15 is 0 Å². The van der Waals surface area contributed by atoms with E-state index < -0.39 is 0 Å². The molecule has 4 rings (SSSR count). The SMILES string of the molecule is Cc1[nH]ncc1-c1cc2nc(C(=O)N3CCCC3)[nH]c(=O)c2s1. The number of nitrogens with zero attached hydrogens (tertiary/aromatic N) is 3. The fraction of sp³-hybridized carbons (Fsp3) is 0.333. The number of aromatic nitrogens is 4. The van der Waals surface area contributed by atoms with Crippen LogP contribution in [0, 0.1) is 6.92 Å². The number of nitrogens with one attached hydrogen (secondary N) is 2. The molecular weight excluding hydrogens is 314 g/mol. The Morgan fingerprint density at radius 3 is 2.83 bits per heavy atom. The summed E-state index contributed by atoms with van der Waals surface area (Å²) in [7, 11) is 0. The van der Waals surface area contributed by atoms with Gasteiger partial charge in [0.05, 0.1) is 11.7 Å². The molecule has 0 saturated carbocycles. The van der Waals surface area contributed by atoms with Gasteiger partial charge < -0.3 is 9.88 Å². The molecule has 3 aromatic rings. The van der Waals surface area contributed by atoms with Crippen LogP contribution in [0.5, 0.6) is 0 Å². The second kappa shape index (κ2) is 5.31. The summed E-state index contributed by atoms with van der Waals surface area (Å²) in [4.78, 5) is 34.4. The highest BCUT2D eigenvalue weighted by atomic mass is 32.1. The summed E-state index contributed by atoms with van der Waals surface area (Å²) in [6.45, 7) is 3.38. The zero-order chi connectivity index (χ0) is 16.0. The fourth-order valence-electron chi connectivity index (χ4n) is 2.84. The summed E-state index contributed by atoms with van der Waals surface area (Å²) in [5.41, 5.74) is 2.16. The fourth-order valence-corrected chi connectivity index (χ4v) is 3.90. The molecule has 2 N–H and O–H groups in total. The molecule has 0 atom stereocenters. The minimum absolute atomic E-state index is 0.123. The molecule has 7 nitrogen and oxygen atoms in total. The third-order valence-corrected chi connectivity index (χ3v) is 5.23. The zero-order valence-corrected chi connectivity index (χ0v) is 13.4. The Bertz CT molecular complexity index is 948. The minimum atomic E-state index is -0.269. The number of amides is 1. The molecule has 8 heteroatoms. The molecule has 3 aromatic heterocycles. The van der Waals surface area contributed by atoms with Crippen molar-refractivity contribution >= 4 is 27.5 Å². The Kier molecular flexibility index (Phi) is 3.26. The van der Waals surface area contributed by atoms with E-state index in [-0.39, 0.29) is 17.3 Å². The zero-order valence-electron chi connectivity index (χ0n) is 12.5. The number of aromatic amines is 2. The van der Waals surface area contributed by atoms with Crippen LogP contribution in [0.1, 0.15) is 29.2 Å². The maximum Gasteiger partial charge on any atom is 0.289 e. The van der Waals surface area contributed by atoms with Gasteiger partial charge in [0, 0.05) is 29.2 Å². The first kappa shape index (κ1) is 14.1. The average Bonchev–Trinajstić information content (AvgIpc) is 3.25. The van der Waals surface area contributed by atoms with Gasteiger partial charge in [0.25, 0.3) is 11.5 Å². The predicted octanol–water partition coefficient (Wildman–Crippen LogP) is 1.92. The van der Waals surface area contributed by atoms with Crippen molar-refractivity contribution in [3.05, 3.63) is 34.1 Å². The summed E-state index contributed by atoms with van der Waals surface area (Å²) < 4.78 is 0.526. The number of hydrogen-bond donors (Lipinski definition) is 2. The molecule has 1 aliphatic heterocycles. The van der Waals surface area contributed by atoms with Gasteiger partial charge in [-0.05, 0) is 25.8 Å². The van der Waals surface area contributed by atoms with E-state index in [0.717, 1.165) is 42.1 Å². The minimum Gasteiger partial charge on any atom is -0.336 e. The first-order valence-corrected chi connectivity index (χ1v) is 8.28. The number of aryl methyl sites for hydroxylation is 1. The van der Waals surface area contributed by atoms with Gasteiger partial charge in [0.15, 0.2) is 5.82 Å². The lowest BCUT2D eigenvalue weighted by Gasteiger charge is -2.13. The van der Waals surface area contributed by atoms with Crippen molar-refractivity contribution in [1.82, 2.24) is 25.1 Å². The van der Waals surface area contributed by atoms with Crippen LogP contribution in [-0.2, 0) is 0 Å². The van der Waals surface area contributed by atoms with Gasteiger partial charge >= 0.3 is 0 Å². The molecule has 0 radical (unpaired) electrons. The smallest absolute Gasteiger partial charge is 0.289 e. The third-order valence-electron chi connectivity index (χ3n) is 4.07. The van der Waals surface area contributed by atoms with Gasteiger partial charge in [-0.25, -0.2) is 4.98 Å². The van der Waals surface area contributed by atoms with E-state index in [0.29, 0.717) is 10.2 Å². The number of H-pyrrole nitrogens is 2. The van der Waals surface area contributed by atoms with Gasteiger partial charge in [-0.15, -0.1) is 11.3 Å². The van der Waals surface area contributed by atoms with E-state index in [4.69, 9.17) is 0 Å². The van der Waals surface area contributed by atoms with E-state index in [9.17, 15) is 9.59 Å². The highest BCUT2D eigenvalue weighted by Crippen LogP contribution is 2.32. The van der Waals surface area contributed by atoms with E-state index in [1.165, 1.54) is 11.3 Å². The van der Waals surface area contributed by atoms with Gasteiger partial charge in [-0.1, -0.05) is 0 Å². The van der Waals surface area contributed by atoms with Crippen LogP contribution < -0.4 is 5.56 Å². The van der Waals surface area contributed by atoms with Crippen LogP contribution in [0.2, 0.25) is 0 Å². The Morgan fingerprint density at radius 2 is 2.13 bits per heavy atom. The Labute approximate surface area is 135 Å². The lowest BCUT2D eigenvalue weighted by Crippen LogP contribution is -2.30. The molecule has 1 amide bonds. The highest BCUT2D eigenvalue weighted by molar-refractivity contribution is 7.22. The number of hydrogen-bond acceptors (Lipinski definition) is 5. The first-order chi connectivity index (χ1) is 11.1. The molecule has 1 fully saturated rings. The number of likely N-dealkylation sites (tertiary alicyclic amines) is 1. The molecule has 0 bridgehead atoms. The van der Waals surface area contributed by atoms with E-state index in [2.05, 4.69) is 20.2 Å². The van der Waals surface area contributed by atoms with E-state index in [1.54, 1.807) is 11.1 Å². The molecule has 0 aliphatic carbocycles. The standard InChI is InChI=1S/C15H15N5O2S/c1-8-9(7-16-19-8)11-6-10-12(23-11)14(21)18-13(17-10)15(22)20-4-2-3-5-20/h6-7H,2-5H2,1H3,(H,16,19)(H,17,18,21). The van der Waals surface area contributed by atoms with Crippen molar-refractivity contribution in [2.24, 2.45) is 0 Å². The maximum atomic E-state index is 12.4. The van der Waals surface area contributed by atoms with Crippen LogP contribution in [0.25, 0.3) is 20.7 Å². The van der Waals surface area contributed by atoms with Crippen LogP contribution in [0.3, 0.4) is 0 Å². The number of fused-ring (bicyclic) bond motifs is 1. The van der Waals surface area contributed by atoms with Crippen LogP contribution >= 0.6 is 11.3 Å². The lowest BCUT2D eigenvalue weighted by molar-refractivity contribution is 0.0781. The highest BCUT2D eigenvalue weighted by Gasteiger charge is 2.23. The van der Waals surface area contributed by atoms with Gasteiger partial charge in [0.2, 0.25) is 0 Å². The lowest BCUT2D eigenvalue weighted by atomic mass is 10.2. The summed E-state index contributed by atoms with van der Waals surface area (Å²) >= 11 is 1.36. The van der Waals surface area contributed by atoms with Gasteiger partial charge in [-0.3, -0.25) is 14.7 Å². The summed E-state index contributed by atoms with van der Waals surface area (Å²) in [5, 5.41) is 6.89. The van der Waals surface area contributed by atoms with Crippen molar-refractivity contribution in [3.63, 3.8) is 0 Å². The van der Waals surface area contributed by atoms with Crippen LogP contribution in [0.4, 0.5) is 0 Å². The van der Waals surface area contributed by atoms with Crippen molar-refractivity contribution in [2.45, 2.75) is 19.8 Å². The molecular formula is C15H15N5O2S. The van der Waals surface area contributed by atoms with Crippen molar-refractivity contribution in [1.29, 1.82) is 0 Å². The quantitative estimate of drug-likeness (QED) is 0.751. The summed E-state index contributed by atoms with van der Waals surface area (Å²) in [5.74, 6) is -0.0774. The third kappa shape index (κ3) is 2.35. The molecule has 0 spiro atoms. The monoisotopic (exact) mass is 329 g/mol. The van der Waals surface area contributed by atoms with Gasteiger partial charge in [-0.2, -0.15) is 5.10 Å². The Morgan fingerprint density at radius 1 is 1.35 bits per heavy atom. The number of carbonyl (C=O) groups excluding carboxylic acids is 1. The Hall–Kier alpha value is -2.48. The van der Waals surface area contributed by atoms with Crippen LogP contribution in [-0.4, -0.2) is 44.1 Å². The molecule has 23 heavy (non-hydrogen) atoms. The van der Waals surface area contributed by atoms with Crippen molar-refractivity contribution in [3.8, 4) is 10.4 Å². The number of thiophene rings is 1. The molecule has 1 aliphatic rings. The van der Waals surface area contributed by atoms with Gasteiger partial charge in [0.1, 0.15) is 4.70 Å². The average molecular weight is 329 g/mol. The maximum absolute atomic E-state index is 12.4. The molecule has 118 valence electrons. The summed E-state index contributed by atoms with van der Waals surface area (Å²) in [6.07, 6.45) is 3.73.